The van der Waals surface area contributed by atoms with Crippen LogP contribution in [0, 0.1) is 0 Å². The van der Waals surface area contributed by atoms with E-state index < -0.39 is 23.3 Å². The Labute approximate surface area is 157 Å². The van der Waals surface area contributed by atoms with Gasteiger partial charge < -0.3 is 9.15 Å². The smallest absolute Gasteiger partial charge is 0.416 e. The molecule has 4 nitrogen and oxygen atoms in total. The molecular weight excluding hydrogens is 373 g/mol. The van der Waals surface area contributed by atoms with Crippen LogP contribution >= 0.6 is 0 Å². The molecule has 0 N–H and O–H groups in total. The van der Waals surface area contributed by atoms with E-state index in [0.29, 0.717) is 16.5 Å². The molecule has 28 heavy (non-hydrogen) atoms. The Morgan fingerprint density at radius 2 is 1.82 bits per heavy atom. The molecule has 0 saturated carbocycles. The van der Waals surface area contributed by atoms with Crippen molar-refractivity contribution in [2.75, 3.05) is 0 Å². The lowest BCUT2D eigenvalue weighted by atomic mass is 10.0. The molecule has 0 bridgehead atoms. The number of carbonyl (C=O) groups is 1. The zero-order chi connectivity index (χ0) is 19.9. The van der Waals surface area contributed by atoms with E-state index in [-0.39, 0.29) is 12.2 Å². The number of ether oxygens (including phenoxy) is 1. The molecule has 144 valence electrons. The van der Waals surface area contributed by atoms with Crippen LogP contribution in [-0.4, -0.2) is 5.97 Å². The predicted molar refractivity (Wildman–Crippen MR) is 95.1 cm³/mol. The van der Waals surface area contributed by atoms with Crippen LogP contribution in [-0.2, 0) is 30.4 Å². The average molecular weight is 388 g/mol. The molecule has 7 heteroatoms. The van der Waals surface area contributed by atoms with Crippen molar-refractivity contribution in [3.05, 3.63) is 80.7 Å². The lowest BCUT2D eigenvalue weighted by Gasteiger charge is -2.10. The highest BCUT2D eigenvalue weighted by Crippen LogP contribution is 2.30. The fourth-order valence-electron chi connectivity index (χ4n) is 3.46. The molecule has 4 rings (SSSR count). The maximum Gasteiger partial charge on any atom is 0.416 e. The van der Waals surface area contributed by atoms with Crippen LogP contribution in [0.25, 0.3) is 11.0 Å². The predicted octanol–water partition coefficient (Wildman–Crippen LogP) is 4.66. The van der Waals surface area contributed by atoms with Crippen molar-refractivity contribution in [2.45, 2.75) is 32.0 Å². The maximum absolute atomic E-state index is 12.8. The summed E-state index contributed by atoms with van der Waals surface area (Å²) < 4.78 is 48.9. The summed E-state index contributed by atoms with van der Waals surface area (Å²) in [5.41, 5.74) is 1.46. The number of carbonyl (C=O) groups excluding carboxylic acids is 1. The number of fused-ring (bicyclic) bond motifs is 2. The third-order valence-electron chi connectivity index (χ3n) is 4.83. The first-order valence-electron chi connectivity index (χ1n) is 8.74. The van der Waals surface area contributed by atoms with Gasteiger partial charge in [-0.25, -0.2) is 9.59 Å². The van der Waals surface area contributed by atoms with Gasteiger partial charge in [-0.3, -0.25) is 0 Å². The standard InChI is InChI=1S/C21H15F3O4/c22-21(23,24)16-6-2-5-14(7-16)20(26)27-11-15-10-19(25)28-18-9-13-4-1-3-12(13)8-17(15)18/h2,5-10H,1,3-4,11H2. The van der Waals surface area contributed by atoms with Crippen molar-refractivity contribution in [2.24, 2.45) is 0 Å². The van der Waals surface area contributed by atoms with Crippen molar-refractivity contribution in [1.29, 1.82) is 0 Å². The number of hydrogen-bond donors (Lipinski definition) is 0. The van der Waals surface area contributed by atoms with Crippen LogP contribution < -0.4 is 5.63 Å². The van der Waals surface area contributed by atoms with Crippen molar-refractivity contribution in [3.8, 4) is 0 Å². The highest BCUT2D eigenvalue weighted by atomic mass is 19.4. The van der Waals surface area contributed by atoms with Crippen molar-refractivity contribution < 1.29 is 27.1 Å². The van der Waals surface area contributed by atoms with Gasteiger partial charge in [-0.2, -0.15) is 13.2 Å². The molecule has 3 aromatic rings. The van der Waals surface area contributed by atoms with E-state index in [4.69, 9.17) is 9.15 Å². The summed E-state index contributed by atoms with van der Waals surface area (Å²) in [4.78, 5) is 24.1. The second-order valence-electron chi connectivity index (χ2n) is 6.72. The summed E-state index contributed by atoms with van der Waals surface area (Å²) in [7, 11) is 0. The van der Waals surface area contributed by atoms with Gasteiger partial charge in [0.05, 0.1) is 11.1 Å². The number of hydrogen-bond acceptors (Lipinski definition) is 4. The van der Waals surface area contributed by atoms with Gasteiger partial charge in [0.1, 0.15) is 12.2 Å². The average Bonchev–Trinajstić information content (AvgIpc) is 3.11. The molecule has 0 atom stereocenters. The first-order valence-corrected chi connectivity index (χ1v) is 8.74. The Hall–Kier alpha value is -3.09. The van der Waals surface area contributed by atoms with Gasteiger partial charge in [0.25, 0.3) is 0 Å². The summed E-state index contributed by atoms with van der Waals surface area (Å²) in [6, 6.07) is 9.02. The zero-order valence-corrected chi connectivity index (χ0v) is 14.6. The van der Waals surface area contributed by atoms with Gasteiger partial charge in [0.15, 0.2) is 0 Å². The number of rotatable bonds is 3. The third kappa shape index (κ3) is 3.52. The SMILES string of the molecule is O=C(OCc1cc(=O)oc2cc3c(cc12)CCC3)c1cccc(C(F)(F)F)c1. The number of aryl methyl sites for hydroxylation is 2. The van der Waals surface area contributed by atoms with Crippen LogP contribution in [0.5, 0.6) is 0 Å². The van der Waals surface area contributed by atoms with Gasteiger partial charge in [-0.1, -0.05) is 6.07 Å². The van der Waals surface area contributed by atoms with Crippen LogP contribution in [0.3, 0.4) is 0 Å². The van der Waals surface area contributed by atoms with E-state index in [1.165, 1.54) is 12.1 Å². The molecule has 0 saturated heterocycles. The van der Waals surface area contributed by atoms with E-state index in [1.807, 2.05) is 12.1 Å². The second kappa shape index (κ2) is 6.82. The molecule has 0 radical (unpaired) electrons. The summed E-state index contributed by atoms with van der Waals surface area (Å²) >= 11 is 0. The highest BCUT2D eigenvalue weighted by molar-refractivity contribution is 5.90. The molecule has 1 heterocycles. The lowest BCUT2D eigenvalue weighted by Crippen LogP contribution is -2.10. The molecule has 0 fully saturated rings. The fraction of sp³-hybridized carbons (Fsp3) is 0.238. The van der Waals surface area contributed by atoms with Crippen molar-refractivity contribution >= 4 is 16.9 Å². The lowest BCUT2D eigenvalue weighted by molar-refractivity contribution is -0.137. The normalized spacial score (nSPS) is 13.5. The molecule has 1 aromatic heterocycles. The Morgan fingerprint density at radius 1 is 1.07 bits per heavy atom. The zero-order valence-electron chi connectivity index (χ0n) is 14.6. The third-order valence-corrected chi connectivity index (χ3v) is 4.83. The molecule has 0 aliphatic heterocycles. The summed E-state index contributed by atoms with van der Waals surface area (Å²) in [6.07, 6.45) is -1.68. The van der Waals surface area contributed by atoms with Crippen molar-refractivity contribution in [3.63, 3.8) is 0 Å². The van der Waals surface area contributed by atoms with Gasteiger partial charge >= 0.3 is 17.8 Å². The molecule has 0 amide bonds. The van der Waals surface area contributed by atoms with Crippen LogP contribution in [0.2, 0.25) is 0 Å². The second-order valence-corrected chi connectivity index (χ2v) is 6.72. The largest absolute Gasteiger partial charge is 0.457 e. The van der Waals surface area contributed by atoms with Gasteiger partial charge in [0, 0.05) is 17.0 Å². The van der Waals surface area contributed by atoms with E-state index in [1.54, 1.807) is 0 Å². The number of alkyl halides is 3. The summed E-state index contributed by atoms with van der Waals surface area (Å²) in [5.74, 6) is -0.895. The molecule has 0 unspecified atom stereocenters. The Morgan fingerprint density at radius 3 is 2.57 bits per heavy atom. The van der Waals surface area contributed by atoms with E-state index in [9.17, 15) is 22.8 Å². The molecule has 1 aliphatic carbocycles. The molecular formula is C21H15F3O4. The Balaban J connectivity index is 1.61. The number of halogens is 3. The minimum atomic E-state index is -4.55. The number of esters is 1. The number of benzene rings is 2. The first-order chi connectivity index (χ1) is 13.3. The van der Waals surface area contributed by atoms with Crippen LogP contribution in [0.4, 0.5) is 13.2 Å². The highest BCUT2D eigenvalue weighted by Gasteiger charge is 2.31. The van der Waals surface area contributed by atoms with Gasteiger partial charge in [0.2, 0.25) is 0 Å². The maximum atomic E-state index is 12.8. The summed E-state index contributed by atoms with van der Waals surface area (Å²) in [6.45, 7) is -0.240. The quantitative estimate of drug-likeness (QED) is 0.484. The molecule has 2 aromatic carbocycles. The molecule has 1 aliphatic rings. The minimum Gasteiger partial charge on any atom is -0.457 e. The van der Waals surface area contributed by atoms with Crippen molar-refractivity contribution in [1.82, 2.24) is 0 Å². The Bertz CT molecular complexity index is 1130. The topological polar surface area (TPSA) is 56.5 Å². The van der Waals surface area contributed by atoms with Gasteiger partial charge in [-0.15, -0.1) is 0 Å². The van der Waals surface area contributed by atoms with Crippen LogP contribution in [0.15, 0.2) is 51.7 Å². The van der Waals surface area contributed by atoms with E-state index in [0.717, 1.165) is 48.6 Å². The van der Waals surface area contributed by atoms with E-state index >= 15 is 0 Å². The van der Waals surface area contributed by atoms with Gasteiger partial charge in [-0.05, 0) is 60.7 Å². The monoisotopic (exact) mass is 388 g/mol. The molecule has 0 spiro atoms. The van der Waals surface area contributed by atoms with Crippen LogP contribution in [0.1, 0.15) is 39.0 Å². The fourth-order valence-corrected chi connectivity index (χ4v) is 3.46. The minimum absolute atomic E-state index is 0.206. The van der Waals surface area contributed by atoms with E-state index in [2.05, 4.69) is 0 Å². The first kappa shape index (κ1) is 18.3. The Kier molecular flexibility index (Phi) is 4.45. The summed E-state index contributed by atoms with van der Waals surface area (Å²) in [5, 5.41) is 0.664.